The Morgan fingerprint density at radius 1 is 0.553 bits per heavy atom. The van der Waals surface area contributed by atoms with E-state index in [1.165, 1.54) is 103 Å². The van der Waals surface area contributed by atoms with Gasteiger partial charge in [0, 0.05) is 137 Å². The second kappa shape index (κ2) is 42.4. The molecule has 6 aromatic carbocycles. The number of hydrogen-bond donors (Lipinski definition) is 22. The maximum Gasteiger partial charge on any atom is 0.336 e. The number of aliphatic hydroxyl groups is 1. The summed E-state index contributed by atoms with van der Waals surface area (Å²) in [5.41, 5.74) is 25.5. The highest BCUT2D eigenvalue weighted by Crippen LogP contribution is 2.43. The molecule has 690 valence electrons. The van der Waals surface area contributed by atoms with Crippen molar-refractivity contribution >= 4 is 151 Å². The molecule has 0 radical (unpaired) electrons. The number of fused-ring (bicyclic) bond motifs is 6. The molecule has 2 saturated heterocycles. The molecule has 5 atom stereocenters. The van der Waals surface area contributed by atoms with Gasteiger partial charge in [-0.3, -0.25) is 67.7 Å². The molecule has 2 fully saturated rings. The number of carbonyl (C=O) groups excluding carboxylic acids is 12. The SMILES string of the molecule is CC[C@H](C)[C@@H]1NC(=O)c2cc(NC(=O)CNC(=O)C3CCN(c4nc(Nc5ccc(-c6c7ccc(=O)cc-7oc7cc(O)ccc67)c(C(=O)O)c5)nc(N5CCC(C(=O)NCC(=O)Nc6ccc7c(c6)C(=O)N[C@@H](CCCCN)C(=O)N[C@@H](CO)C(=O)Nc6cc(C(N)=O)ccc6CN7)CC5)n4)CC3)ccc2NCc2ccc(C(N)=O)cc2NC(=O)[C@H](CCCNC(=N)N)NC1=O. The fourth-order valence-corrected chi connectivity index (χ4v) is 15.9. The smallest absolute Gasteiger partial charge is 0.336 e. The molecule has 42 nitrogen and oxygen atoms in total. The zero-order chi connectivity index (χ0) is 94.1. The van der Waals surface area contributed by atoms with Crippen molar-refractivity contribution in [3.63, 3.8) is 0 Å². The van der Waals surface area contributed by atoms with Gasteiger partial charge < -0.3 is 127 Å². The quantitative estimate of drug-likeness (QED) is 0.0151. The summed E-state index contributed by atoms with van der Waals surface area (Å²) in [5.74, 6) is -11.2. The number of carboxylic acids is 1. The Bertz CT molecular complexity index is 6030. The Labute approximate surface area is 754 Å². The predicted molar refractivity (Wildman–Crippen MR) is 489 cm³/mol. The number of carbonyl (C=O) groups is 13. The Morgan fingerprint density at radius 2 is 1.08 bits per heavy atom. The zero-order valence-corrected chi connectivity index (χ0v) is 72.0. The lowest BCUT2D eigenvalue weighted by molar-refractivity contribution is -0.128. The molecule has 26 N–H and O–H groups in total. The van der Waals surface area contributed by atoms with Crippen LogP contribution in [0.4, 0.5) is 57.7 Å². The zero-order valence-electron chi connectivity index (χ0n) is 72.0. The van der Waals surface area contributed by atoms with Gasteiger partial charge >= 0.3 is 5.97 Å². The van der Waals surface area contributed by atoms with Crippen molar-refractivity contribution in [1.82, 2.24) is 52.2 Å². The third-order valence-corrected chi connectivity index (χ3v) is 23.3. The summed E-state index contributed by atoms with van der Waals surface area (Å²) in [5, 5.41) is 79.2. The Hall–Kier alpha value is -15.9. The lowest BCUT2D eigenvalue weighted by Gasteiger charge is -2.34. The molecular formula is C90H102N24O18. The molecule has 12 amide bonds. The van der Waals surface area contributed by atoms with Gasteiger partial charge in [-0.25, -0.2) is 4.79 Å². The van der Waals surface area contributed by atoms with E-state index in [0.29, 0.717) is 46.9 Å². The van der Waals surface area contributed by atoms with Crippen LogP contribution in [0.25, 0.3) is 33.4 Å². The molecule has 42 heteroatoms. The highest BCUT2D eigenvalue weighted by atomic mass is 16.4. The lowest BCUT2D eigenvalue weighted by Crippen LogP contribution is -2.55. The molecule has 1 aromatic heterocycles. The first kappa shape index (κ1) is 93.8. The molecular weight excluding hydrogens is 1710 g/mol. The van der Waals surface area contributed by atoms with E-state index in [1.54, 1.807) is 31.2 Å². The minimum absolute atomic E-state index is 0.00717. The van der Waals surface area contributed by atoms with Crippen LogP contribution in [0.15, 0.2) is 137 Å². The van der Waals surface area contributed by atoms with Gasteiger partial charge in [0.25, 0.3) is 11.8 Å². The number of phenols is 1. The predicted octanol–water partition coefficient (Wildman–Crippen LogP) is 3.76. The number of carboxylic acid groups (broad SMARTS) is 1. The van der Waals surface area contributed by atoms with E-state index in [1.807, 2.05) is 16.7 Å². The molecule has 0 spiro atoms. The third kappa shape index (κ3) is 23.2. The van der Waals surface area contributed by atoms with E-state index in [0.717, 1.165) is 0 Å². The van der Waals surface area contributed by atoms with Crippen LogP contribution >= 0.6 is 0 Å². The number of benzene rings is 7. The summed E-state index contributed by atoms with van der Waals surface area (Å²) < 4.78 is 6.05. The van der Waals surface area contributed by atoms with E-state index < -0.39 is 138 Å². The molecule has 0 saturated carbocycles. The van der Waals surface area contributed by atoms with Crippen LogP contribution in [0.2, 0.25) is 0 Å². The minimum Gasteiger partial charge on any atom is -0.508 e. The number of nitrogens with zero attached hydrogens (tertiary/aromatic N) is 5. The Balaban J connectivity index is 0.694. The van der Waals surface area contributed by atoms with Crippen molar-refractivity contribution in [1.29, 1.82) is 5.41 Å². The van der Waals surface area contributed by atoms with Gasteiger partial charge in [0.1, 0.15) is 41.3 Å². The van der Waals surface area contributed by atoms with Gasteiger partial charge in [0.15, 0.2) is 11.4 Å². The number of aliphatic hydroxyl groups excluding tert-OH is 1. The maximum absolute atomic E-state index is 14.6. The van der Waals surface area contributed by atoms with E-state index >= 15 is 0 Å². The van der Waals surface area contributed by atoms with Gasteiger partial charge in [-0.1, -0.05) is 38.5 Å². The molecule has 13 rings (SSSR count). The molecule has 7 aromatic rings. The van der Waals surface area contributed by atoms with E-state index in [2.05, 4.69) is 74.4 Å². The van der Waals surface area contributed by atoms with Crippen LogP contribution < -0.4 is 113 Å². The van der Waals surface area contributed by atoms with E-state index in [9.17, 15) is 82.4 Å². The minimum atomic E-state index is -1.48. The first-order valence-corrected chi connectivity index (χ1v) is 43.0. The highest BCUT2D eigenvalue weighted by Gasteiger charge is 2.36. The number of piperidine rings is 2. The third-order valence-electron chi connectivity index (χ3n) is 23.3. The first-order valence-electron chi connectivity index (χ1n) is 43.0. The van der Waals surface area contributed by atoms with Gasteiger partial charge in [-0.15, -0.1) is 0 Å². The number of nitrogens with one attached hydrogen (secondary N) is 15. The van der Waals surface area contributed by atoms with Crippen LogP contribution in [0, 0.1) is 23.2 Å². The lowest BCUT2D eigenvalue weighted by atomic mass is 9.90. The second-order valence-electron chi connectivity index (χ2n) is 32.4. The molecule has 0 unspecified atom stereocenters. The number of primary amides is 2. The van der Waals surface area contributed by atoms with Crippen molar-refractivity contribution in [3.8, 4) is 28.2 Å². The first-order chi connectivity index (χ1) is 63.4. The number of aromatic hydroxyl groups is 1. The topological polar surface area (TPSA) is 654 Å². The van der Waals surface area contributed by atoms with Crippen LogP contribution in [0.1, 0.15) is 141 Å². The van der Waals surface area contributed by atoms with Crippen molar-refractivity contribution in [2.24, 2.45) is 40.7 Å². The number of anilines is 10. The normalized spacial score (nSPS) is 17.2. The molecule has 0 bridgehead atoms. The maximum atomic E-state index is 14.6. The number of phenolic OH excluding ortho intramolecular Hbond substituents is 1. The van der Waals surface area contributed by atoms with Crippen molar-refractivity contribution in [2.45, 2.75) is 115 Å². The fourth-order valence-electron chi connectivity index (χ4n) is 15.9. The van der Waals surface area contributed by atoms with Crippen LogP contribution in [-0.4, -0.2) is 196 Å². The summed E-state index contributed by atoms with van der Waals surface area (Å²) >= 11 is 0. The summed E-state index contributed by atoms with van der Waals surface area (Å²) in [6, 6.07) is 25.6. The molecule has 1 aliphatic carbocycles. The van der Waals surface area contributed by atoms with Gasteiger partial charge in [-0.2, -0.15) is 15.0 Å². The molecule has 6 heterocycles. The van der Waals surface area contributed by atoms with Crippen LogP contribution in [-0.2, 0) is 51.4 Å². The summed E-state index contributed by atoms with van der Waals surface area (Å²) in [7, 11) is 0. The highest BCUT2D eigenvalue weighted by molar-refractivity contribution is 6.10. The van der Waals surface area contributed by atoms with Gasteiger partial charge in [-0.05, 0) is 184 Å². The Kier molecular flexibility index (Phi) is 30.1. The van der Waals surface area contributed by atoms with Crippen LogP contribution in [0.5, 0.6) is 5.75 Å². The van der Waals surface area contributed by atoms with Crippen molar-refractivity contribution in [2.75, 3.05) is 106 Å². The molecule has 5 aliphatic heterocycles. The van der Waals surface area contributed by atoms with Gasteiger partial charge in [0.05, 0.1) is 36.4 Å². The fraction of sp³-hybridized carbons (Fsp3) is 0.333. The van der Waals surface area contributed by atoms with Crippen molar-refractivity contribution < 1.29 is 82.1 Å². The largest absolute Gasteiger partial charge is 0.508 e. The number of aromatic nitrogens is 3. The van der Waals surface area contributed by atoms with Gasteiger partial charge in [0.2, 0.25) is 76.9 Å². The summed E-state index contributed by atoms with van der Waals surface area (Å²) in [6.07, 6.45) is 2.70. The summed E-state index contributed by atoms with van der Waals surface area (Å²) in [4.78, 5) is 209. The van der Waals surface area contributed by atoms with Crippen LogP contribution in [0.3, 0.4) is 0 Å². The number of nitrogens with two attached hydrogens (primary N) is 4. The number of unbranched alkanes of at least 4 members (excludes halogenated alkanes) is 1. The molecule has 132 heavy (non-hydrogen) atoms. The number of amides is 12. The standard InChI is InChI=1S/C90H102N24O18/c1-3-45(2)75-85(129)105-66(8-6-28-96-87(94)95)82(126)106-67-33-48(76(92)120)9-11-50(67)40-98-64-22-15-53(37-62(64)81(125)109-75)102-73(119)43-100-79(123)47-25-31-114(32-26-47)90-111-88(103-54-13-18-57(60(35-54)86(130)131)74-58-19-16-55(116)38-70(58)132-71-39-56(117)17-20-59(71)74)110-89(112-90)113-29-23-46(24-30-113)78(122)99-42-72(118)101-52-14-21-63-61(36-52)80(124)104-65(7-4-5-27-91)83(127)108-69(44-115)84(128)107-68-34-49(77(93)121)10-12-51(68)41-97-63/h9-22,33-39,45-47,65-66,69,75,97-98,115-116H,3-8,23-32,40-44,91H2,1-2H3,(H2,92,120)(H2,93,121)(H,99,122)(H,100,123)(H,101,118)(H,102,119)(H,104,124)(H,105,129)(H,106,126)(H,107,128)(H,108,127)(H,109,125)(H,130,131)(H4,94,95,96)(H,103,110,111,112)/t45-,65-,66-,69-,75-/m0/s1. The monoisotopic (exact) mass is 1810 g/mol. The average Bonchev–Trinajstić information content (AvgIpc) is 0.743. The average molecular weight is 1810 g/mol. The van der Waals surface area contributed by atoms with E-state index in [-0.39, 0.29) is 217 Å². The summed E-state index contributed by atoms with van der Waals surface area (Å²) in [6.45, 7) is 3.01. The Morgan fingerprint density at radius 3 is 1.62 bits per heavy atom. The number of rotatable bonds is 27. The van der Waals surface area contributed by atoms with E-state index in [4.69, 9.17) is 47.7 Å². The number of aromatic carboxylic acids is 1. The number of guanidine groups is 1. The molecule has 6 aliphatic rings. The second-order valence-corrected chi connectivity index (χ2v) is 32.4. The number of hydrogen-bond acceptors (Lipinski definition) is 27. The van der Waals surface area contributed by atoms with Crippen molar-refractivity contribution in [3.05, 3.63) is 177 Å².